The normalized spacial score (nSPS) is 10.1. The van der Waals surface area contributed by atoms with Crippen LogP contribution in [0.25, 0.3) is 0 Å². The van der Waals surface area contributed by atoms with Crippen molar-refractivity contribution in [3.8, 4) is 5.75 Å². The number of carbonyl (C=O) groups is 3. The maximum Gasteiger partial charge on any atom is 0.269 e. The summed E-state index contributed by atoms with van der Waals surface area (Å²) in [5.41, 5.74) is 7.74. The summed E-state index contributed by atoms with van der Waals surface area (Å²) < 4.78 is 5.31. The number of hydrogen-bond acceptors (Lipinski definition) is 4. The van der Waals surface area contributed by atoms with E-state index in [9.17, 15) is 14.4 Å². The van der Waals surface area contributed by atoms with Gasteiger partial charge in [0, 0.05) is 24.1 Å². The first kappa shape index (κ1) is 21.0. The van der Waals surface area contributed by atoms with Crippen molar-refractivity contribution in [1.82, 2.24) is 10.9 Å². The van der Waals surface area contributed by atoms with E-state index in [2.05, 4.69) is 16.2 Å². The van der Waals surface area contributed by atoms with Crippen molar-refractivity contribution < 1.29 is 19.1 Å². The lowest BCUT2D eigenvalue weighted by molar-refractivity contribution is -0.124. The van der Waals surface area contributed by atoms with Crippen LogP contribution in [0.1, 0.15) is 41.3 Å². The van der Waals surface area contributed by atoms with Gasteiger partial charge in [-0.25, -0.2) is 0 Å². The Morgan fingerprint density at radius 2 is 1.57 bits per heavy atom. The van der Waals surface area contributed by atoms with Gasteiger partial charge in [0.05, 0.1) is 6.61 Å². The summed E-state index contributed by atoms with van der Waals surface area (Å²) in [7, 11) is 0. The first-order valence-corrected chi connectivity index (χ1v) is 9.08. The molecule has 7 heteroatoms. The van der Waals surface area contributed by atoms with E-state index in [4.69, 9.17) is 4.74 Å². The predicted octanol–water partition coefficient (Wildman–Crippen LogP) is 2.88. The van der Waals surface area contributed by atoms with Gasteiger partial charge in [0.25, 0.3) is 5.91 Å². The number of amides is 3. The van der Waals surface area contributed by atoms with Gasteiger partial charge in [-0.15, -0.1) is 0 Å². The average molecular weight is 383 g/mol. The van der Waals surface area contributed by atoms with E-state index >= 15 is 0 Å². The van der Waals surface area contributed by atoms with Gasteiger partial charge in [0.1, 0.15) is 5.75 Å². The highest BCUT2D eigenvalue weighted by Crippen LogP contribution is 2.16. The number of benzene rings is 2. The number of aryl methyl sites for hydroxylation is 2. The molecule has 0 aliphatic heterocycles. The van der Waals surface area contributed by atoms with Crippen LogP contribution < -0.4 is 20.9 Å². The molecule has 0 bridgehead atoms. The third-order valence-electron chi connectivity index (χ3n) is 3.99. The van der Waals surface area contributed by atoms with Crippen LogP contribution in [0.15, 0.2) is 42.5 Å². The highest BCUT2D eigenvalue weighted by molar-refractivity contribution is 5.96. The molecule has 2 aromatic rings. The van der Waals surface area contributed by atoms with E-state index in [1.807, 2.05) is 39.0 Å². The molecule has 0 fully saturated rings. The number of carbonyl (C=O) groups excluding carboxylic acids is 3. The molecular weight excluding hydrogens is 358 g/mol. The summed E-state index contributed by atoms with van der Waals surface area (Å²) in [6.07, 6.45) is -0.0294. The molecule has 0 heterocycles. The number of hydrazine groups is 1. The molecule has 0 unspecified atom stereocenters. The van der Waals surface area contributed by atoms with Crippen molar-refractivity contribution >= 4 is 23.4 Å². The summed E-state index contributed by atoms with van der Waals surface area (Å²) in [5.74, 6) is -0.494. The van der Waals surface area contributed by atoms with E-state index < -0.39 is 11.8 Å². The Balaban J connectivity index is 1.75. The monoisotopic (exact) mass is 383 g/mol. The van der Waals surface area contributed by atoms with Gasteiger partial charge in [-0.1, -0.05) is 12.1 Å². The Labute approximate surface area is 164 Å². The second kappa shape index (κ2) is 10.1. The maximum atomic E-state index is 12.0. The summed E-state index contributed by atoms with van der Waals surface area (Å²) in [6, 6.07) is 12.3. The summed E-state index contributed by atoms with van der Waals surface area (Å²) in [6.45, 7) is 6.25. The summed E-state index contributed by atoms with van der Waals surface area (Å²) in [5, 5.41) is 2.79. The van der Waals surface area contributed by atoms with Crippen molar-refractivity contribution in [3.63, 3.8) is 0 Å². The molecule has 0 atom stereocenters. The number of hydrogen-bond donors (Lipinski definition) is 3. The zero-order chi connectivity index (χ0) is 20.5. The Morgan fingerprint density at radius 3 is 2.25 bits per heavy atom. The predicted molar refractivity (Wildman–Crippen MR) is 107 cm³/mol. The fourth-order valence-electron chi connectivity index (χ4n) is 2.44. The lowest BCUT2D eigenvalue weighted by atomic mass is 10.1. The Hall–Kier alpha value is -3.35. The first-order chi connectivity index (χ1) is 13.4. The van der Waals surface area contributed by atoms with Gasteiger partial charge in [0.2, 0.25) is 11.8 Å². The number of rotatable bonds is 7. The topological polar surface area (TPSA) is 96.5 Å². The van der Waals surface area contributed by atoms with Crippen LogP contribution in [-0.2, 0) is 9.59 Å². The molecule has 2 aromatic carbocycles. The number of anilines is 1. The van der Waals surface area contributed by atoms with Gasteiger partial charge < -0.3 is 10.1 Å². The fraction of sp³-hybridized carbons (Fsp3) is 0.286. The molecule has 0 radical (unpaired) electrons. The molecule has 148 valence electrons. The van der Waals surface area contributed by atoms with Crippen molar-refractivity contribution in [2.45, 2.75) is 33.6 Å². The van der Waals surface area contributed by atoms with Crippen LogP contribution in [0.5, 0.6) is 5.75 Å². The standard InChI is InChI=1S/C21H25N3O4/c1-4-28-17-9-7-16(8-10-17)21(27)24-23-20(26)12-11-19(25)22-18-13-14(2)5-6-15(18)3/h5-10,13H,4,11-12H2,1-3H3,(H,22,25)(H,23,26)(H,24,27). The van der Waals surface area contributed by atoms with Crippen molar-refractivity contribution in [2.75, 3.05) is 11.9 Å². The van der Waals surface area contributed by atoms with Gasteiger partial charge in [0.15, 0.2) is 0 Å². The maximum absolute atomic E-state index is 12.0. The molecule has 3 amide bonds. The van der Waals surface area contributed by atoms with Gasteiger partial charge in [-0.05, 0) is 62.2 Å². The SMILES string of the molecule is CCOc1ccc(C(=O)NNC(=O)CCC(=O)Nc2cc(C)ccc2C)cc1. The number of nitrogens with one attached hydrogen (secondary N) is 3. The molecule has 0 aliphatic rings. The second-order valence-electron chi connectivity index (χ2n) is 6.33. The van der Waals surface area contributed by atoms with Crippen LogP contribution >= 0.6 is 0 Å². The second-order valence-corrected chi connectivity index (χ2v) is 6.33. The molecule has 7 nitrogen and oxygen atoms in total. The van der Waals surface area contributed by atoms with E-state index in [1.54, 1.807) is 24.3 Å². The Morgan fingerprint density at radius 1 is 0.893 bits per heavy atom. The molecule has 0 saturated heterocycles. The lowest BCUT2D eigenvalue weighted by Crippen LogP contribution is -2.41. The molecule has 3 N–H and O–H groups in total. The minimum atomic E-state index is -0.449. The quantitative estimate of drug-likeness (QED) is 0.641. The smallest absolute Gasteiger partial charge is 0.269 e. The zero-order valence-corrected chi connectivity index (χ0v) is 16.3. The third-order valence-corrected chi connectivity index (χ3v) is 3.99. The molecule has 28 heavy (non-hydrogen) atoms. The largest absolute Gasteiger partial charge is 0.494 e. The molecule has 0 spiro atoms. The van der Waals surface area contributed by atoms with Crippen LogP contribution in [0.4, 0.5) is 5.69 Å². The van der Waals surface area contributed by atoms with Crippen molar-refractivity contribution in [3.05, 3.63) is 59.2 Å². The Kier molecular flexibility index (Phi) is 7.56. The molecule has 0 aromatic heterocycles. The van der Waals surface area contributed by atoms with Crippen LogP contribution in [0.3, 0.4) is 0 Å². The van der Waals surface area contributed by atoms with Gasteiger partial charge in [-0.2, -0.15) is 0 Å². The fourth-order valence-corrected chi connectivity index (χ4v) is 2.44. The zero-order valence-electron chi connectivity index (χ0n) is 16.3. The average Bonchev–Trinajstić information content (AvgIpc) is 2.68. The highest BCUT2D eigenvalue weighted by atomic mass is 16.5. The molecule has 0 aliphatic carbocycles. The number of ether oxygens (including phenoxy) is 1. The Bertz CT molecular complexity index is 847. The minimum absolute atomic E-state index is 0.0120. The lowest BCUT2D eigenvalue weighted by Gasteiger charge is -2.10. The summed E-state index contributed by atoms with van der Waals surface area (Å²) >= 11 is 0. The van der Waals surface area contributed by atoms with Gasteiger partial charge >= 0.3 is 0 Å². The van der Waals surface area contributed by atoms with E-state index in [0.29, 0.717) is 17.9 Å². The van der Waals surface area contributed by atoms with E-state index in [0.717, 1.165) is 16.8 Å². The highest BCUT2D eigenvalue weighted by Gasteiger charge is 2.11. The molecule has 2 rings (SSSR count). The van der Waals surface area contributed by atoms with Crippen LogP contribution in [0, 0.1) is 13.8 Å². The molecular formula is C21H25N3O4. The first-order valence-electron chi connectivity index (χ1n) is 9.08. The summed E-state index contributed by atoms with van der Waals surface area (Å²) in [4.78, 5) is 35.9. The van der Waals surface area contributed by atoms with Crippen molar-refractivity contribution in [1.29, 1.82) is 0 Å². The van der Waals surface area contributed by atoms with Gasteiger partial charge in [-0.3, -0.25) is 25.2 Å². The minimum Gasteiger partial charge on any atom is -0.494 e. The van der Waals surface area contributed by atoms with Crippen molar-refractivity contribution in [2.24, 2.45) is 0 Å². The van der Waals surface area contributed by atoms with Crippen LogP contribution in [-0.4, -0.2) is 24.3 Å². The molecule has 0 saturated carbocycles. The van der Waals surface area contributed by atoms with E-state index in [1.165, 1.54) is 0 Å². The van der Waals surface area contributed by atoms with E-state index in [-0.39, 0.29) is 18.7 Å². The third kappa shape index (κ3) is 6.42. The van der Waals surface area contributed by atoms with Crippen LogP contribution in [0.2, 0.25) is 0 Å².